The minimum atomic E-state index is -0.672. The standard InChI is InChI=1S/C22H34N2O2/c1-22(2,26)12-11-18-7-5-8-19(17-18)21(25)24-14-6-13-23(15-16-24)20-9-3-4-10-20/h5,7-8,17,20,26H,3-4,6,9-16H2,1-2H3. The second-order valence-electron chi connectivity index (χ2n) is 8.63. The molecule has 0 bridgehead atoms. The van der Waals surface area contributed by atoms with E-state index in [0.717, 1.165) is 56.2 Å². The van der Waals surface area contributed by atoms with Crippen LogP contribution in [0, 0.1) is 0 Å². The molecule has 0 radical (unpaired) electrons. The normalized spacial score (nSPS) is 20.3. The van der Waals surface area contributed by atoms with Crippen LogP contribution in [0.2, 0.25) is 0 Å². The first-order valence-electron chi connectivity index (χ1n) is 10.3. The molecule has 2 fully saturated rings. The summed E-state index contributed by atoms with van der Waals surface area (Å²) in [6, 6.07) is 8.70. The Balaban J connectivity index is 1.60. The molecule has 1 aliphatic heterocycles. The monoisotopic (exact) mass is 358 g/mol. The summed E-state index contributed by atoms with van der Waals surface area (Å²) in [5.41, 5.74) is 1.24. The molecule has 1 saturated carbocycles. The topological polar surface area (TPSA) is 43.8 Å². The maximum absolute atomic E-state index is 13.0. The highest BCUT2D eigenvalue weighted by Gasteiger charge is 2.26. The maximum Gasteiger partial charge on any atom is 0.253 e. The highest BCUT2D eigenvalue weighted by molar-refractivity contribution is 5.94. The van der Waals surface area contributed by atoms with Crippen molar-refractivity contribution >= 4 is 5.91 Å². The van der Waals surface area contributed by atoms with E-state index in [1.165, 1.54) is 25.7 Å². The summed E-state index contributed by atoms with van der Waals surface area (Å²) in [5, 5.41) is 9.93. The second-order valence-corrected chi connectivity index (χ2v) is 8.63. The quantitative estimate of drug-likeness (QED) is 0.876. The molecule has 1 saturated heterocycles. The minimum Gasteiger partial charge on any atom is -0.390 e. The molecule has 4 nitrogen and oxygen atoms in total. The van der Waals surface area contributed by atoms with Crippen LogP contribution in [0.1, 0.15) is 68.3 Å². The third-order valence-corrected chi connectivity index (χ3v) is 5.86. The molecule has 1 aliphatic carbocycles. The molecular weight excluding hydrogens is 324 g/mol. The number of aliphatic hydroxyl groups is 1. The molecule has 4 heteroatoms. The Morgan fingerprint density at radius 1 is 1.12 bits per heavy atom. The van der Waals surface area contributed by atoms with Crippen molar-refractivity contribution in [2.45, 2.75) is 70.4 Å². The van der Waals surface area contributed by atoms with Crippen LogP contribution in [0.5, 0.6) is 0 Å². The first kappa shape index (κ1) is 19.4. The highest BCUT2D eigenvalue weighted by Crippen LogP contribution is 2.24. The van der Waals surface area contributed by atoms with Gasteiger partial charge in [-0.2, -0.15) is 0 Å². The average molecular weight is 359 g/mol. The molecule has 2 aliphatic rings. The number of amides is 1. The zero-order chi connectivity index (χ0) is 18.6. The Bertz CT molecular complexity index is 602. The molecule has 3 rings (SSSR count). The van der Waals surface area contributed by atoms with Gasteiger partial charge in [0.1, 0.15) is 0 Å². The summed E-state index contributed by atoms with van der Waals surface area (Å²) in [4.78, 5) is 17.6. The number of nitrogens with zero attached hydrogens (tertiary/aromatic N) is 2. The van der Waals surface area contributed by atoms with Gasteiger partial charge in [-0.25, -0.2) is 0 Å². The van der Waals surface area contributed by atoms with Crippen molar-refractivity contribution in [1.29, 1.82) is 0 Å². The van der Waals surface area contributed by atoms with Crippen LogP contribution in [0.4, 0.5) is 0 Å². The van der Waals surface area contributed by atoms with Gasteiger partial charge >= 0.3 is 0 Å². The van der Waals surface area contributed by atoms with Crippen molar-refractivity contribution in [3.05, 3.63) is 35.4 Å². The Kier molecular flexibility index (Phi) is 6.36. The van der Waals surface area contributed by atoms with Gasteiger partial charge in [0.15, 0.2) is 0 Å². The number of aryl methyl sites for hydroxylation is 1. The fraction of sp³-hybridized carbons (Fsp3) is 0.682. The number of carbonyl (C=O) groups excluding carboxylic acids is 1. The fourth-order valence-electron chi connectivity index (χ4n) is 4.27. The van der Waals surface area contributed by atoms with E-state index < -0.39 is 5.60 Å². The molecule has 0 unspecified atom stereocenters. The van der Waals surface area contributed by atoms with Gasteiger partial charge in [0.2, 0.25) is 0 Å². The molecular formula is C22H34N2O2. The van der Waals surface area contributed by atoms with E-state index in [-0.39, 0.29) is 5.91 Å². The van der Waals surface area contributed by atoms with Crippen molar-refractivity contribution in [2.75, 3.05) is 26.2 Å². The summed E-state index contributed by atoms with van der Waals surface area (Å²) < 4.78 is 0. The Hall–Kier alpha value is -1.39. The van der Waals surface area contributed by atoms with E-state index in [1.54, 1.807) is 0 Å². The average Bonchev–Trinajstić information content (AvgIpc) is 3.04. The van der Waals surface area contributed by atoms with E-state index in [0.29, 0.717) is 6.42 Å². The van der Waals surface area contributed by atoms with Crippen molar-refractivity contribution in [3.8, 4) is 0 Å². The van der Waals surface area contributed by atoms with Crippen LogP contribution in [0.25, 0.3) is 0 Å². The summed E-state index contributed by atoms with van der Waals surface area (Å²) in [5.74, 6) is 0.156. The smallest absolute Gasteiger partial charge is 0.253 e. The number of benzene rings is 1. The van der Waals surface area contributed by atoms with E-state index in [1.807, 2.05) is 43.0 Å². The van der Waals surface area contributed by atoms with Gasteiger partial charge in [0.25, 0.3) is 5.91 Å². The third kappa shape index (κ3) is 5.31. The Morgan fingerprint density at radius 3 is 2.62 bits per heavy atom. The lowest BCUT2D eigenvalue weighted by Gasteiger charge is -2.27. The number of rotatable bonds is 5. The summed E-state index contributed by atoms with van der Waals surface area (Å²) in [6.45, 7) is 7.48. The maximum atomic E-state index is 13.0. The van der Waals surface area contributed by atoms with E-state index in [9.17, 15) is 9.90 Å². The lowest BCUT2D eigenvalue weighted by Crippen LogP contribution is -2.38. The molecule has 0 atom stereocenters. The number of hydrogen-bond donors (Lipinski definition) is 1. The van der Waals surface area contributed by atoms with E-state index >= 15 is 0 Å². The van der Waals surface area contributed by atoms with Crippen LogP contribution in [0.15, 0.2) is 24.3 Å². The lowest BCUT2D eigenvalue weighted by atomic mass is 9.97. The van der Waals surface area contributed by atoms with Crippen LogP contribution >= 0.6 is 0 Å². The first-order chi connectivity index (χ1) is 12.4. The van der Waals surface area contributed by atoms with Crippen molar-refractivity contribution in [3.63, 3.8) is 0 Å². The van der Waals surface area contributed by atoms with Crippen molar-refractivity contribution in [2.24, 2.45) is 0 Å². The van der Waals surface area contributed by atoms with Crippen molar-refractivity contribution in [1.82, 2.24) is 9.80 Å². The van der Waals surface area contributed by atoms with Gasteiger partial charge in [0.05, 0.1) is 5.60 Å². The van der Waals surface area contributed by atoms with Crippen LogP contribution in [-0.4, -0.2) is 58.6 Å². The fourth-order valence-corrected chi connectivity index (χ4v) is 4.27. The SMILES string of the molecule is CC(C)(O)CCc1cccc(C(=O)N2CCCN(C3CCCC3)CC2)c1. The summed E-state index contributed by atoms with van der Waals surface area (Å²) in [6.07, 6.45) is 7.95. The molecule has 1 amide bonds. The second kappa shape index (κ2) is 8.53. The summed E-state index contributed by atoms with van der Waals surface area (Å²) in [7, 11) is 0. The molecule has 0 aromatic heterocycles. The first-order valence-corrected chi connectivity index (χ1v) is 10.3. The van der Waals surface area contributed by atoms with Gasteiger partial charge in [0, 0.05) is 37.8 Å². The molecule has 1 N–H and O–H groups in total. The van der Waals surface area contributed by atoms with Gasteiger partial charge in [-0.15, -0.1) is 0 Å². The molecule has 1 aromatic rings. The molecule has 0 spiro atoms. The van der Waals surface area contributed by atoms with Gasteiger partial charge < -0.3 is 10.0 Å². The molecule has 144 valence electrons. The van der Waals surface area contributed by atoms with Gasteiger partial charge in [-0.1, -0.05) is 25.0 Å². The lowest BCUT2D eigenvalue weighted by molar-refractivity contribution is 0.0714. The summed E-state index contributed by atoms with van der Waals surface area (Å²) >= 11 is 0. The van der Waals surface area contributed by atoms with Crippen LogP contribution in [-0.2, 0) is 6.42 Å². The largest absolute Gasteiger partial charge is 0.390 e. The zero-order valence-electron chi connectivity index (χ0n) is 16.4. The zero-order valence-corrected chi connectivity index (χ0v) is 16.4. The molecule has 1 aromatic carbocycles. The Labute approximate surface area is 158 Å². The van der Waals surface area contributed by atoms with E-state index in [4.69, 9.17) is 0 Å². The van der Waals surface area contributed by atoms with Crippen LogP contribution in [0.3, 0.4) is 0 Å². The third-order valence-electron chi connectivity index (χ3n) is 5.86. The predicted molar refractivity (Wildman–Crippen MR) is 105 cm³/mol. The van der Waals surface area contributed by atoms with Gasteiger partial charge in [-0.05, 0) is 63.6 Å². The van der Waals surface area contributed by atoms with E-state index in [2.05, 4.69) is 4.90 Å². The van der Waals surface area contributed by atoms with Crippen LogP contribution < -0.4 is 0 Å². The minimum absolute atomic E-state index is 0.156. The highest BCUT2D eigenvalue weighted by atomic mass is 16.3. The number of carbonyl (C=O) groups is 1. The Morgan fingerprint density at radius 2 is 1.88 bits per heavy atom. The number of hydrogen-bond acceptors (Lipinski definition) is 3. The predicted octanol–water partition coefficient (Wildman–Crippen LogP) is 3.48. The van der Waals surface area contributed by atoms with Crippen molar-refractivity contribution < 1.29 is 9.90 Å². The molecule has 1 heterocycles. The molecule has 26 heavy (non-hydrogen) atoms. The van der Waals surface area contributed by atoms with Gasteiger partial charge in [-0.3, -0.25) is 9.69 Å².